The maximum atomic E-state index is 14.5. The van der Waals surface area contributed by atoms with Crippen LogP contribution in [-0.4, -0.2) is 31.5 Å². The first-order chi connectivity index (χ1) is 12.7. The van der Waals surface area contributed by atoms with Crippen LogP contribution in [0.5, 0.6) is 0 Å². The lowest BCUT2D eigenvalue weighted by Crippen LogP contribution is -2.59. The van der Waals surface area contributed by atoms with Crippen molar-refractivity contribution in [2.75, 3.05) is 19.8 Å². The van der Waals surface area contributed by atoms with Crippen LogP contribution in [0.1, 0.15) is 18.4 Å². The van der Waals surface area contributed by atoms with E-state index in [2.05, 4.69) is 21.4 Å². The summed E-state index contributed by atoms with van der Waals surface area (Å²) < 4.78 is 27.5. The number of fused-ring (bicyclic) bond motifs is 1. The molecule has 0 amide bonds. The Morgan fingerprint density at radius 2 is 2.12 bits per heavy atom. The van der Waals surface area contributed by atoms with Crippen molar-refractivity contribution in [3.8, 4) is 0 Å². The van der Waals surface area contributed by atoms with Crippen LogP contribution < -0.4 is 5.48 Å². The van der Waals surface area contributed by atoms with Crippen LogP contribution in [0.25, 0.3) is 0 Å². The molecule has 4 atom stereocenters. The molecule has 26 heavy (non-hydrogen) atoms. The monoisotopic (exact) mass is 423 g/mol. The molecular weight excluding hydrogens is 401 g/mol. The molecule has 0 aromatic heterocycles. The van der Waals surface area contributed by atoms with E-state index >= 15 is 0 Å². The third-order valence-electron chi connectivity index (χ3n) is 5.57. The smallest absolute Gasteiger partial charge is 0.105 e. The number of rotatable bonds is 5. The Hall–Kier alpha value is -1.05. The van der Waals surface area contributed by atoms with Gasteiger partial charge in [0.2, 0.25) is 0 Å². The molecule has 2 fully saturated rings. The van der Waals surface area contributed by atoms with Crippen LogP contribution >= 0.6 is 15.9 Å². The van der Waals surface area contributed by atoms with Gasteiger partial charge in [-0.15, -0.1) is 0 Å². The highest BCUT2D eigenvalue weighted by Gasteiger charge is 2.55. The maximum absolute atomic E-state index is 14.5. The molecule has 1 aliphatic carbocycles. The predicted octanol–water partition coefficient (Wildman–Crippen LogP) is 4.03. The van der Waals surface area contributed by atoms with Crippen molar-refractivity contribution in [1.29, 1.82) is 0 Å². The fourth-order valence-electron chi connectivity index (χ4n) is 4.11. The van der Waals surface area contributed by atoms with E-state index in [9.17, 15) is 4.39 Å². The summed E-state index contributed by atoms with van der Waals surface area (Å²) in [5, 5.41) is 0. The Kier molecular flexibility index (Phi) is 5.57. The highest BCUT2D eigenvalue weighted by molar-refractivity contribution is 9.11. The fourth-order valence-corrected chi connectivity index (χ4v) is 4.56. The van der Waals surface area contributed by atoms with Gasteiger partial charge in [-0.3, -0.25) is 0 Å². The highest BCUT2D eigenvalue weighted by Crippen LogP contribution is 2.46. The Balaban J connectivity index is 1.36. The number of hydrogen-bond donors (Lipinski definition) is 1. The first-order valence-electron chi connectivity index (χ1n) is 9.01. The Morgan fingerprint density at radius 3 is 2.96 bits per heavy atom. The molecule has 6 heteroatoms. The minimum absolute atomic E-state index is 0.00921. The lowest BCUT2D eigenvalue weighted by molar-refractivity contribution is -0.110. The molecule has 0 radical (unpaired) electrons. The first kappa shape index (κ1) is 18.3. The number of benzene rings is 1. The summed E-state index contributed by atoms with van der Waals surface area (Å²) in [5.74, 6) is -0.191. The molecule has 4 rings (SSSR count). The minimum Gasteiger partial charge on any atom is -0.374 e. The molecule has 1 aromatic rings. The van der Waals surface area contributed by atoms with E-state index in [1.165, 1.54) is 0 Å². The summed E-state index contributed by atoms with van der Waals surface area (Å²) in [4.78, 5) is 5.55. The van der Waals surface area contributed by atoms with Crippen LogP contribution in [0.15, 0.2) is 52.8 Å². The number of nitrogens with one attached hydrogen (secondary N) is 1. The summed E-state index contributed by atoms with van der Waals surface area (Å²) in [6, 6.07) is 10.1. The van der Waals surface area contributed by atoms with E-state index in [-0.39, 0.29) is 23.8 Å². The summed E-state index contributed by atoms with van der Waals surface area (Å²) in [7, 11) is 0. The maximum Gasteiger partial charge on any atom is 0.105 e. The van der Waals surface area contributed by atoms with Gasteiger partial charge in [-0.25, -0.2) is 4.39 Å². The van der Waals surface area contributed by atoms with E-state index in [0.717, 1.165) is 16.5 Å². The zero-order valence-corrected chi connectivity index (χ0v) is 16.1. The molecular formula is C20H23BrFNO3. The van der Waals surface area contributed by atoms with Gasteiger partial charge in [0.05, 0.1) is 38.1 Å². The van der Waals surface area contributed by atoms with E-state index in [1.807, 2.05) is 30.3 Å². The molecule has 2 saturated heterocycles. The van der Waals surface area contributed by atoms with Crippen molar-refractivity contribution in [3.63, 3.8) is 0 Å². The highest BCUT2D eigenvalue weighted by atomic mass is 79.9. The second-order valence-corrected chi connectivity index (χ2v) is 8.26. The van der Waals surface area contributed by atoms with Crippen molar-refractivity contribution < 1.29 is 18.7 Å². The fraction of sp³-hybridized carbons (Fsp3) is 0.500. The zero-order chi connectivity index (χ0) is 18.0. The van der Waals surface area contributed by atoms with E-state index in [0.29, 0.717) is 32.8 Å². The van der Waals surface area contributed by atoms with Crippen molar-refractivity contribution in [1.82, 2.24) is 5.48 Å². The molecule has 1 N–H and O–H groups in total. The predicted molar refractivity (Wildman–Crippen MR) is 100 cm³/mol. The molecule has 3 aliphatic rings. The average Bonchev–Trinajstić information content (AvgIpc) is 3.09. The quantitative estimate of drug-likeness (QED) is 0.775. The lowest BCUT2D eigenvalue weighted by atomic mass is 9.69. The van der Waals surface area contributed by atoms with Crippen molar-refractivity contribution >= 4 is 15.9 Å². The molecule has 2 aliphatic heterocycles. The van der Waals surface area contributed by atoms with Gasteiger partial charge in [-0.05, 0) is 35.0 Å². The van der Waals surface area contributed by atoms with Gasteiger partial charge in [-0.1, -0.05) is 46.3 Å². The lowest BCUT2D eigenvalue weighted by Gasteiger charge is -2.45. The van der Waals surface area contributed by atoms with Gasteiger partial charge in [0.15, 0.2) is 0 Å². The van der Waals surface area contributed by atoms with Gasteiger partial charge in [0.25, 0.3) is 0 Å². The molecule has 0 saturated carbocycles. The zero-order valence-electron chi connectivity index (χ0n) is 14.5. The van der Waals surface area contributed by atoms with Gasteiger partial charge < -0.3 is 14.3 Å². The van der Waals surface area contributed by atoms with E-state index < -0.39 is 5.54 Å². The van der Waals surface area contributed by atoms with Crippen LogP contribution in [0.2, 0.25) is 0 Å². The summed E-state index contributed by atoms with van der Waals surface area (Å²) in [6.45, 7) is 2.10. The standard InChI is InChI=1S/C20H23BrFNO3/c21-16-6-7-19(22)18(9-16)20-13-25-17(8-15(20)11-26-23-20)12-24-10-14-4-2-1-3-5-14/h1-7,15,17-18,23H,8-13H2/t15-,17+,18?,20-/m0/s1. The van der Waals surface area contributed by atoms with Crippen molar-refractivity contribution in [2.24, 2.45) is 11.8 Å². The Morgan fingerprint density at radius 1 is 1.27 bits per heavy atom. The molecule has 1 aromatic carbocycles. The van der Waals surface area contributed by atoms with Crippen LogP contribution in [-0.2, 0) is 20.9 Å². The number of hydrogen-bond acceptors (Lipinski definition) is 4. The molecule has 0 bridgehead atoms. The number of halogens is 2. The summed E-state index contributed by atoms with van der Waals surface area (Å²) in [5.41, 5.74) is 3.74. The van der Waals surface area contributed by atoms with Gasteiger partial charge in [0.1, 0.15) is 5.83 Å². The normalized spacial score (nSPS) is 34.2. The summed E-state index contributed by atoms with van der Waals surface area (Å²) in [6.07, 6.45) is 4.74. The topological polar surface area (TPSA) is 39.7 Å². The first-order valence-corrected chi connectivity index (χ1v) is 9.80. The van der Waals surface area contributed by atoms with Crippen molar-refractivity contribution in [3.05, 3.63) is 58.4 Å². The Bertz CT molecular complexity index is 696. The molecule has 1 unspecified atom stereocenters. The molecule has 0 spiro atoms. The minimum atomic E-state index is -0.510. The largest absolute Gasteiger partial charge is 0.374 e. The van der Waals surface area contributed by atoms with Gasteiger partial charge in [-0.2, -0.15) is 5.48 Å². The van der Waals surface area contributed by atoms with Gasteiger partial charge in [0, 0.05) is 11.8 Å². The number of ether oxygens (including phenoxy) is 2. The molecule has 2 heterocycles. The number of allylic oxidation sites excluding steroid dienone is 3. The molecule has 140 valence electrons. The van der Waals surface area contributed by atoms with Crippen LogP contribution in [0, 0.1) is 11.8 Å². The van der Waals surface area contributed by atoms with Crippen LogP contribution in [0.4, 0.5) is 4.39 Å². The average molecular weight is 424 g/mol. The summed E-state index contributed by atoms with van der Waals surface area (Å²) >= 11 is 3.51. The van der Waals surface area contributed by atoms with E-state index in [1.54, 1.807) is 12.2 Å². The third-order valence-corrected chi connectivity index (χ3v) is 6.16. The van der Waals surface area contributed by atoms with E-state index in [4.69, 9.17) is 14.3 Å². The second kappa shape index (κ2) is 7.90. The second-order valence-electron chi connectivity index (χ2n) is 7.24. The number of hydroxylamine groups is 1. The molecule has 4 nitrogen and oxygen atoms in total. The van der Waals surface area contributed by atoms with Crippen LogP contribution in [0.3, 0.4) is 0 Å². The van der Waals surface area contributed by atoms with Gasteiger partial charge >= 0.3 is 0 Å². The Labute approximate surface area is 161 Å². The van der Waals surface area contributed by atoms with Crippen molar-refractivity contribution in [2.45, 2.75) is 31.1 Å². The third kappa shape index (κ3) is 3.66. The SMILES string of the molecule is FC1=CC=C(Br)CC1[C@]12CO[C@@H](COCc3ccccc3)C[C@H]1CON2.